The van der Waals surface area contributed by atoms with Crippen molar-refractivity contribution in [3.05, 3.63) is 35.8 Å². The Labute approximate surface area is 152 Å². The van der Waals surface area contributed by atoms with Crippen molar-refractivity contribution in [1.29, 1.82) is 0 Å². The quantitative estimate of drug-likeness (QED) is 0.718. The molecule has 0 radical (unpaired) electrons. The van der Waals surface area contributed by atoms with Crippen molar-refractivity contribution in [2.24, 2.45) is 0 Å². The third kappa shape index (κ3) is 3.17. The Morgan fingerprint density at radius 2 is 2.23 bits per heavy atom. The van der Waals surface area contributed by atoms with Gasteiger partial charge in [0.15, 0.2) is 5.82 Å². The summed E-state index contributed by atoms with van der Waals surface area (Å²) in [5, 5.41) is 6.99. The minimum atomic E-state index is -0.899. The van der Waals surface area contributed by atoms with E-state index in [-0.39, 0.29) is 5.82 Å². The molecule has 2 aromatic heterocycles. The highest BCUT2D eigenvalue weighted by atomic mass is 32.2. The minimum absolute atomic E-state index is 0.257. The van der Waals surface area contributed by atoms with Gasteiger partial charge in [0, 0.05) is 29.0 Å². The van der Waals surface area contributed by atoms with E-state index >= 15 is 0 Å². The smallest absolute Gasteiger partial charge is 0.263 e. The number of aromatic nitrogens is 4. The monoisotopic (exact) mass is 370 g/mol. The topological polar surface area (TPSA) is 120 Å². The Hall–Kier alpha value is -2.81. The number of benzene rings is 1. The molecule has 1 unspecified atom stereocenters. The predicted octanol–water partition coefficient (Wildman–Crippen LogP) is 2.47. The summed E-state index contributed by atoms with van der Waals surface area (Å²) in [5.74, 6) is 2.28. The van der Waals surface area contributed by atoms with Crippen LogP contribution >= 0.6 is 0 Å². The first-order valence-corrected chi connectivity index (χ1v) is 9.69. The van der Waals surface area contributed by atoms with Gasteiger partial charge in [-0.3, -0.25) is 4.21 Å². The summed E-state index contributed by atoms with van der Waals surface area (Å²) in [6.45, 7) is 1.94. The van der Waals surface area contributed by atoms with Crippen LogP contribution in [0.5, 0.6) is 0 Å². The second kappa shape index (κ2) is 6.83. The first-order valence-electron chi connectivity index (χ1n) is 8.38. The SMILES string of the molecule is CCc1noc(-c2cnc(Nc3ccc4c(c3)CCCS4=O)nc2N)n1. The molecule has 134 valence electrons. The molecule has 3 heterocycles. The van der Waals surface area contributed by atoms with Gasteiger partial charge >= 0.3 is 0 Å². The molecule has 0 amide bonds. The van der Waals surface area contributed by atoms with E-state index < -0.39 is 10.8 Å². The number of rotatable bonds is 4. The van der Waals surface area contributed by atoms with E-state index in [1.807, 2.05) is 25.1 Å². The van der Waals surface area contributed by atoms with Crippen LogP contribution in [-0.2, 0) is 23.6 Å². The van der Waals surface area contributed by atoms with Crippen LogP contribution in [0.4, 0.5) is 17.5 Å². The number of nitrogens with two attached hydrogens (primary N) is 1. The van der Waals surface area contributed by atoms with E-state index in [9.17, 15) is 4.21 Å². The second-order valence-corrected chi connectivity index (χ2v) is 7.50. The molecule has 0 saturated heterocycles. The summed E-state index contributed by atoms with van der Waals surface area (Å²) in [7, 11) is -0.899. The molecule has 3 N–H and O–H groups in total. The van der Waals surface area contributed by atoms with Crippen LogP contribution < -0.4 is 11.1 Å². The van der Waals surface area contributed by atoms with Crippen molar-refractivity contribution in [2.75, 3.05) is 16.8 Å². The molecule has 1 atom stereocenters. The molecule has 0 fully saturated rings. The Balaban J connectivity index is 1.57. The molecule has 9 heteroatoms. The fourth-order valence-electron chi connectivity index (χ4n) is 2.83. The third-order valence-corrected chi connectivity index (χ3v) is 5.72. The lowest BCUT2D eigenvalue weighted by Crippen LogP contribution is -2.10. The molecule has 3 aromatic rings. The molecule has 1 aromatic carbocycles. The normalized spacial score (nSPS) is 16.3. The lowest BCUT2D eigenvalue weighted by atomic mass is 10.1. The van der Waals surface area contributed by atoms with Gasteiger partial charge in [0.25, 0.3) is 5.89 Å². The molecule has 0 aliphatic carbocycles. The zero-order chi connectivity index (χ0) is 18.1. The standard InChI is InChI=1S/C17H18N6O2S/c1-2-14-21-16(25-23-14)12-9-19-17(22-15(12)18)20-11-5-6-13-10(8-11)4-3-7-26(13)24/h5-6,8-9H,2-4,7H2,1H3,(H3,18,19,20,22). The molecule has 1 aliphatic rings. The number of nitrogen functional groups attached to an aromatic ring is 1. The molecular weight excluding hydrogens is 352 g/mol. The maximum atomic E-state index is 12.0. The maximum absolute atomic E-state index is 12.0. The van der Waals surface area contributed by atoms with E-state index in [1.165, 1.54) is 0 Å². The average Bonchev–Trinajstić information content (AvgIpc) is 3.11. The largest absolute Gasteiger partial charge is 0.383 e. The number of nitrogens with one attached hydrogen (secondary N) is 1. The third-order valence-electron chi connectivity index (χ3n) is 4.17. The lowest BCUT2D eigenvalue weighted by Gasteiger charge is -2.16. The fourth-order valence-corrected chi connectivity index (χ4v) is 4.13. The van der Waals surface area contributed by atoms with Gasteiger partial charge in [0.2, 0.25) is 5.95 Å². The highest BCUT2D eigenvalue weighted by molar-refractivity contribution is 7.85. The zero-order valence-electron chi connectivity index (χ0n) is 14.2. The van der Waals surface area contributed by atoms with Gasteiger partial charge in [0.1, 0.15) is 11.4 Å². The zero-order valence-corrected chi connectivity index (χ0v) is 15.0. The van der Waals surface area contributed by atoms with Gasteiger partial charge in [-0.15, -0.1) is 0 Å². The number of anilines is 3. The van der Waals surface area contributed by atoms with Gasteiger partial charge in [0.05, 0.1) is 10.8 Å². The summed E-state index contributed by atoms with van der Waals surface area (Å²) < 4.78 is 17.2. The summed E-state index contributed by atoms with van der Waals surface area (Å²) in [5.41, 5.74) is 8.46. The average molecular weight is 370 g/mol. The molecule has 0 spiro atoms. The first kappa shape index (κ1) is 16.6. The van der Waals surface area contributed by atoms with Crippen LogP contribution in [0.25, 0.3) is 11.5 Å². The number of hydrogen-bond donors (Lipinski definition) is 2. The van der Waals surface area contributed by atoms with E-state index in [1.54, 1.807) is 6.20 Å². The van der Waals surface area contributed by atoms with Crippen molar-refractivity contribution in [3.8, 4) is 11.5 Å². The summed E-state index contributed by atoms with van der Waals surface area (Å²) in [4.78, 5) is 13.7. The Kier molecular flexibility index (Phi) is 4.37. The molecular formula is C17H18N6O2S. The van der Waals surface area contributed by atoms with Crippen molar-refractivity contribution >= 4 is 28.3 Å². The predicted molar refractivity (Wildman–Crippen MR) is 98.4 cm³/mol. The van der Waals surface area contributed by atoms with Gasteiger partial charge in [-0.05, 0) is 36.6 Å². The molecule has 0 bridgehead atoms. The number of aryl methyl sites for hydroxylation is 2. The summed E-state index contributed by atoms with van der Waals surface area (Å²) >= 11 is 0. The van der Waals surface area contributed by atoms with Crippen LogP contribution in [-0.4, -0.2) is 30.1 Å². The lowest BCUT2D eigenvalue weighted by molar-refractivity contribution is 0.423. The molecule has 26 heavy (non-hydrogen) atoms. The maximum Gasteiger partial charge on any atom is 0.263 e. The Morgan fingerprint density at radius 1 is 1.35 bits per heavy atom. The van der Waals surface area contributed by atoms with E-state index in [2.05, 4.69) is 25.4 Å². The van der Waals surface area contributed by atoms with Gasteiger partial charge in [-0.2, -0.15) is 9.97 Å². The van der Waals surface area contributed by atoms with E-state index in [4.69, 9.17) is 10.3 Å². The molecule has 1 aliphatic heterocycles. The van der Waals surface area contributed by atoms with E-state index in [0.717, 1.165) is 34.7 Å². The van der Waals surface area contributed by atoms with E-state index in [0.29, 0.717) is 29.6 Å². The van der Waals surface area contributed by atoms with Gasteiger partial charge in [-0.1, -0.05) is 12.1 Å². The van der Waals surface area contributed by atoms with Crippen molar-refractivity contribution in [1.82, 2.24) is 20.1 Å². The highest BCUT2D eigenvalue weighted by Crippen LogP contribution is 2.27. The second-order valence-electron chi connectivity index (χ2n) is 5.96. The number of nitrogens with zero attached hydrogens (tertiary/aromatic N) is 4. The number of hydrogen-bond acceptors (Lipinski definition) is 8. The highest BCUT2D eigenvalue weighted by Gasteiger charge is 2.17. The minimum Gasteiger partial charge on any atom is -0.383 e. The molecule has 8 nitrogen and oxygen atoms in total. The number of fused-ring (bicyclic) bond motifs is 1. The van der Waals surface area contributed by atoms with Crippen LogP contribution in [0.2, 0.25) is 0 Å². The Bertz CT molecular complexity index is 987. The van der Waals surface area contributed by atoms with Crippen molar-refractivity contribution < 1.29 is 8.73 Å². The summed E-state index contributed by atoms with van der Waals surface area (Å²) in [6, 6.07) is 5.77. The van der Waals surface area contributed by atoms with Gasteiger partial charge in [-0.25, -0.2) is 4.98 Å². The van der Waals surface area contributed by atoms with Gasteiger partial charge < -0.3 is 15.6 Å². The van der Waals surface area contributed by atoms with Crippen LogP contribution in [0.3, 0.4) is 0 Å². The van der Waals surface area contributed by atoms with Crippen molar-refractivity contribution in [3.63, 3.8) is 0 Å². The van der Waals surface area contributed by atoms with Crippen LogP contribution in [0.1, 0.15) is 24.7 Å². The molecule has 0 saturated carbocycles. The summed E-state index contributed by atoms with van der Waals surface area (Å²) in [6.07, 6.45) is 4.10. The van der Waals surface area contributed by atoms with Crippen molar-refractivity contribution in [2.45, 2.75) is 31.1 Å². The first-order chi connectivity index (χ1) is 12.6. The van der Waals surface area contributed by atoms with Crippen LogP contribution in [0, 0.1) is 0 Å². The molecule has 4 rings (SSSR count). The van der Waals surface area contributed by atoms with Crippen LogP contribution in [0.15, 0.2) is 33.8 Å². The fraction of sp³-hybridized carbons (Fsp3) is 0.294. The Morgan fingerprint density at radius 3 is 3.00 bits per heavy atom.